The van der Waals surface area contributed by atoms with Crippen molar-refractivity contribution in [3.05, 3.63) is 59.8 Å². The van der Waals surface area contributed by atoms with Crippen LogP contribution in [0.3, 0.4) is 0 Å². The minimum Gasteiger partial charge on any atom is -0.454 e. The van der Waals surface area contributed by atoms with Crippen molar-refractivity contribution in [3.63, 3.8) is 0 Å². The molecule has 0 unspecified atom stereocenters. The smallest absolute Gasteiger partial charge is 0.273 e. The first-order valence-electron chi connectivity index (χ1n) is 8.42. The summed E-state index contributed by atoms with van der Waals surface area (Å²) in [5.74, 6) is 1.46. The largest absolute Gasteiger partial charge is 0.454 e. The van der Waals surface area contributed by atoms with Gasteiger partial charge >= 0.3 is 0 Å². The Hall–Kier alpha value is -4.01. The Bertz CT molecular complexity index is 1040. The maximum Gasteiger partial charge on any atom is 0.273 e. The highest BCUT2D eigenvalue weighted by Gasteiger charge is 2.16. The van der Waals surface area contributed by atoms with E-state index in [2.05, 4.69) is 15.5 Å². The maximum absolute atomic E-state index is 12.3. The van der Waals surface area contributed by atoms with Crippen molar-refractivity contribution in [3.8, 4) is 22.8 Å². The number of amides is 1. The molecule has 28 heavy (non-hydrogen) atoms. The zero-order valence-electron chi connectivity index (χ0n) is 14.7. The van der Waals surface area contributed by atoms with Gasteiger partial charge in [-0.15, -0.1) is 0 Å². The van der Waals surface area contributed by atoms with E-state index in [-0.39, 0.29) is 24.4 Å². The van der Waals surface area contributed by atoms with Crippen LogP contribution in [0, 0.1) is 0 Å². The van der Waals surface area contributed by atoms with Crippen molar-refractivity contribution in [2.24, 2.45) is 16.5 Å². The second kappa shape index (κ2) is 7.31. The quantitative estimate of drug-likeness (QED) is 0.454. The summed E-state index contributed by atoms with van der Waals surface area (Å²) in [7, 11) is 0. The highest BCUT2D eigenvalue weighted by atomic mass is 16.7. The van der Waals surface area contributed by atoms with Crippen molar-refractivity contribution in [2.75, 3.05) is 6.79 Å². The van der Waals surface area contributed by atoms with Crippen LogP contribution in [0.2, 0.25) is 0 Å². The van der Waals surface area contributed by atoms with Gasteiger partial charge < -0.3 is 30.8 Å². The van der Waals surface area contributed by atoms with Gasteiger partial charge in [-0.3, -0.25) is 4.79 Å². The van der Waals surface area contributed by atoms with E-state index >= 15 is 0 Å². The summed E-state index contributed by atoms with van der Waals surface area (Å²) in [4.78, 5) is 16.3. The van der Waals surface area contributed by atoms with Crippen molar-refractivity contribution in [1.82, 2.24) is 10.5 Å². The van der Waals surface area contributed by atoms with Gasteiger partial charge in [0.2, 0.25) is 6.79 Å². The van der Waals surface area contributed by atoms with Crippen molar-refractivity contribution >= 4 is 17.6 Å². The number of ether oxygens (including phenoxy) is 2. The molecule has 9 heteroatoms. The van der Waals surface area contributed by atoms with E-state index in [0.29, 0.717) is 29.5 Å². The van der Waals surface area contributed by atoms with Gasteiger partial charge in [-0.1, -0.05) is 11.2 Å². The molecule has 2 aromatic carbocycles. The number of nitrogens with two attached hydrogens (primary N) is 2. The number of aromatic nitrogens is 1. The average molecular weight is 379 g/mol. The van der Waals surface area contributed by atoms with E-state index in [1.54, 1.807) is 30.3 Å². The minimum absolute atomic E-state index is 0.0196. The first kappa shape index (κ1) is 17.4. The number of nitrogens with zero attached hydrogens (tertiary/aromatic N) is 2. The van der Waals surface area contributed by atoms with Crippen molar-refractivity contribution in [2.45, 2.75) is 6.54 Å². The molecule has 1 amide bonds. The average Bonchev–Trinajstić information content (AvgIpc) is 3.35. The van der Waals surface area contributed by atoms with Crippen LogP contribution in [0.5, 0.6) is 11.5 Å². The van der Waals surface area contributed by atoms with Gasteiger partial charge in [0.1, 0.15) is 0 Å². The van der Waals surface area contributed by atoms with Crippen LogP contribution in [-0.4, -0.2) is 23.8 Å². The Balaban J connectivity index is 1.41. The maximum atomic E-state index is 12.3. The number of aliphatic imine (C=N–C) groups is 1. The second-order valence-corrected chi connectivity index (χ2v) is 6.03. The van der Waals surface area contributed by atoms with Gasteiger partial charge in [0.05, 0.1) is 5.69 Å². The SMILES string of the molecule is NC(N)=Nc1ccc(-c2cc(C(=O)NCc3ccc4c(c3)OCO4)no2)cc1. The normalized spacial score (nSPS) is 11.9. The van der Waals surface area contributed by atoms with Gasteiger partial charge in [-0.2, -0.15) is 0 Å². The number of benzene rings is 2. The summed E-state index contributed by atoms with van der Waals surface area (Å²) < 4.78 is 15.9. The zero-order valence-corrected chi connectivity index (χ0v) is 14.7. The van der Waals surface area contributed by atoms with Crippen LogP contribution >= 0.6 is 0 Å². The van der Waals surface area contributed by atoms with E-state index in [0.717, 1.165) is 11.1 Å². The Morgan fingerprint density at radius 2 is 1.86 bits per heavy atom. The van der Waals surface area contributed by atoms with E-state index in [4.69, 9.17) is 25.5 Å². The van der Waals surface area contributed by atoms with Crippen LogP contribution in [0.4, 0.5) is 5.69 Å². The number of hydrogen-bond acceptors (Lipinski definition) is 6. The van der Waals surface area contributed by atoms with E-state index in [9.17, 15) is 4.79 Å². The second-order valence-electron chi connectivity index (χ2n) is 6.03. The molecule has 0 fully saturated rings. The fourth-order valence-electron chi connectivity index (χ4n) is 2.69. The molecule has 0 saturated carbocycles. The van der Waals surface area contributed by atoms with Crippen LogP contribution in [0.15, 0.2) is 58.0 Å². The lowest BCUT2D eigenvalue weighted by molar-refractivity contribution is 0.0942. The molecule has 1 aliphatic heterocycles. The summed E-state index contributed by atoms with van der Waals surface area (Å²) >= 11 is 0. The fraction of sp³-hybridized carbons (Fsp3) is 0.105. The highest BCUT2D eigenvalue weighted by Crippen LogP contribution is 2.32. The molecule has 0 spiro atoms. The van der Waals surface area contributed by atoms with E-state index in [1.165, 1.54) is 0 Å². The lowest BCUT2D eigenvalue weighted by atomic mass is 10.1. The number of nitrogens with one attached hydrogen (secondary N) is 1. The minimum atomic E-state index is -0.343. The van der Waals surface area contributed by atoms with Crippen LogP contribution in [-0.2, 0) is 6.54 Å². The molecule has 142 valence electrons. The Morgan fingerprint density at radius 3 is 2.64 bits per heavy atom. The van der Waals surface area contributed by atoms with E-state index < -0.39 is 0 Å². The Kier molecular flexibility index (Phi) is 4.55. The third kappa shape index (κ3) is 3.73. The predicted molar refractivity (Wildman–Crippen MR) is 101 cm³/mol. The third-order valence-corrected chi connectivity index (χ3v) is 4.04. The first-order valence-corrected chi connectivity index (χ1v) is 8.42. The third-order valence-electron chi connectivity index (χ3n) is 4.04. The molecule has 1 aromatic heterocycles. The van der Waals surface area contributed by atoms with Crippen LogP contribution in [0.25, 0.3) is 11.3 Å². The molecular formula is C19H17N5O4. The van der Waals surface area contributed by atoms with Gasteiger partial charge in [0, 0.05) is 18.2 Å². The summed E-state index contributed by atoms with van der Waals surface area (Å²) in [6, 6.07) is 14.1. The summed E-state index contributed by atoms with van der Waals surface area (Å²) in [6.07, 6.45) is 0. The van der Waals surface area contributed by atoms with Gasteiger partial charge in [-0.25, -0.2) is 4.99 Å². The molecule has 0 bridgehead atoms. The standard InChI is InChI=1S/C19H17N5O4/c20-19(21)23-13-4-2-12(3-5-13)16-8-14(24-28-16)18(25)22-9-11-1-6-15-17(7-11)27-10-26-15/h1-8H,9-10H2,(H,22,25)(H4,20,21,23). The van der Waals surface area contributed by atoms with Gasteiger partial charge in [-0.05, 0) is 42.0 Å². The predicted octanol–water partition coefficient (Wildman–Crippen LogP) is 1.91. The topological polar surface area (TPSA) is 138 Å². The van der Waals surface area contributed by atoms with Crippen LogP contribution < -0.4 is 26.3 Å². The number of rotatable bonds is 5. The fourth-order valence-corrected chi connectivity index (χ4v) is 2.69. The zero-order chi connectivity index (χ0) is 19.5. The number of guanidine groups is 1. The molecule has 1 aliphatic rings. The molecule has 3 aromatic rings. The Morgan fingerprint density at radius 1 is 1.07 bits per heavy atom. The molecule has 0 atom stereocenters. The number of carbonyl (C=O) groups excluding carboxylic acids is 1. The van der Waals surface area contributed by atoms with E-state index in [1.807, 2.05) is 18.2 Å². The number of carbonyl (C=O) groups is 1. The first-order chi connectivity index (χ1) is 13.6. The van der Waals surface area contributed by atoms with Crippen LogP contribution in [0.1, 0.15) is 16.1 Å². The molecule has 0 radical (unpaired) electrons. The van der Waals surface area contributed by atoms with Crippen molar-refractivity contribution in [1.29, 1.82) is 0 Å². The highest BCUT2D eigenvalue weighted by molar-refractivity contribution is 5.93. The lowest BCUT2D eigenvalue weighted by Crippen LogP contribution is -2.22. The molecule has 9 nitrogen and oxygen atoms in total. The Labute approximate surface area is 159 Å². The van der Waals surface area contributed by atoms with Gasteiger partial charge in [0.15, 0.2) is 28.9 Å². The van der Waals surface area contributed by atoms with Gasteiger partial charge in [0.25, 0.3) is 5.91 Å². The summed E-state index contributed by atoms with van der Waals surface area (Å²) in [5, 5.41) is 6.63. The molecule has 0 saturated heterocycles. The monoisotopic (exact) mass is 379 g/mol. The molecule has 4 rings (SSSR count). The summed E-state index contributed by atoms with van der Waals surface area (Å²) in [5.41, 5.74) is 13.1. The van der Waals surface area contributed by atoms with Crippen molar-refractivity contribution < 1.29 is 18.8 Å². The molecule has 2 heterocycles. The lowest BCUT2D eigenvalue weighted by Gasteiger charge is -2.04. The molecular weight excluding hydrogens is 362 g/mol. The number of fused-ring (bicyclic) bond motifs is 1. The number of hydrogen-bond donors (Lipinski definition) is 3. The molecule has 0 aliphatic carbocycles. The molecule has 5 N–H and O–H groups in total. The summed E-state index contributed by atoms with van der Waals surface area (Å²) in [6.45, 7) is 0.532.